The van der Waals surface area contributed by atoms with Gasteiger partial charge in [-0.05, 0) is 12.5 Å². The number of nitrogens with zero attached hydrogens (tertiary/aromatic N) is 1. The van der Waals surface area contributed by atoms with Crippen LogP contribution in [-0.2, 0) is 11.3 Å². The highest BCUT2D eigenvalue weighted by molar-refractivity contribution is 5.75. The Balaban J connectivity index is 1.71. The third kappa shape index (κ3) is 3.71. The summed E-state index contributed by atoms with van der Waals surface area (Å²) in [6.45, 7) is 3.59. The largest absolute Gasteiger partial charge is 0.481 e. The Bertz CT molecular complexity index is 464. The highest BCUT2D eigenvalue weighted by Gasteiger charge is 2.31. The number of rotatable bonds is 4. The Hall–Kier alpha value is -2.04. The smallest absolute Gasteiger partial charge is 0.317 e. The van der Waals surface area contributed by atoms with Gasteiger partial charge < -0.3 is 15.3 Å². The zero-order valence-electron chi connectivity index (χ0n) is 10.9. The van der Waals surface area contributed by atoms with E-state index in [2.05, 4.69) is 5.32 Å². The van der Waals surface area contributed by atoms with Crippen molar-refractivity contribution in [2.45, 2.75) is 19.9 Å². The maximum absolute atomic E-state index is 11.8. The molecule has 2 amide bonds. The fourth-order valence-corrected chi connectivity index (χ4v) is 2.11. The van der Waals surface area contributed by atoms with Gasteiger partial charge in [-0.2, -0.15) is 0 Å². The van der Waals surface area contributed by atoms with Gasteiger partial charge in [0, 0.05) is 25.6 Å². The summed E-state index contributed by atoms with van der Waals surface area (Å²) in [5, 5.41) is 11.5. The molecule has 2 N–H and O–H groups in total. The molecule has 102 valence electrons. The van der Waals surface area contributed by atoms with Gasteiger partial charge in [-0.1, -0.05) is 29.8 Å². The summed E-state index contributed by atoms with van der Waals surface area (Å²) in [6.07, 6.45) is 0.141. The van der Waals surface area contributed by atoms with Gasteiger partial charge in [0.15, 0.2) is 0 Å². The molecule has 0 aliphatic carbocycles. The molecule has 0 bridgehead atoms. The van der Waals surface area contributed by atoms with E-state index in [1.165, 1.54) is 5.56 Å². The zero-order valence-corrected chi connectivity index (χ0v) is 10.9. The lowest BCUT2D eigenvalue weighted by Crippen LogP contribution is -2.54. The number of hydrogen-bond acceptors (Lipinski definition) is 2. The number of carboxylic acid groups (broad SMARTS) is 1. The summed E-state index contributed by atoms with van der Waals surface area (Å²) in [5.41, 5.74) is 2.25. The van der Waals surface area contributed by atoms with Crippen LogP contribution in [0.4, 0.5) is 4.79 Å². The van der Waals surface area contributed by atoms with Gasteiger partial charge in [-0.15, -0.1) is 0 Å². The van der Waals surface area contributed by atoms with Crippen molar-refractivity contribution in [2.24, 2.45) is 5.92 Å². The molecule has 1 fully saturated rings. The number of aryl methyl sites for hydroxylation is 1. The van der Waals surface area contributed by atoms with Gasteiger partial charge in [0.2, 0.25) is 0 Å². The summed E-state index contributed by atoms with van der Waals surface area (Å²) in [7, 11) is 0. The maximum atomic E-state index is 11.8. The quantitative estimate of drug-likeness (QED) is 0.866. The second-order valence-corrected chi connectivity index (χ2v) is 5.01. The number of likely N-dealkylation sites (tertiary alicyclic amines) is 1. The van der Waals surface area contributed by atoms with Crippen LogP contribution in [0.2, 0.25) is 0 Å². The highest BCUT2D eigenvalue weighted by atomic mass is 16.4. The van der Waals surface area contributed by atoms with Gasteiger partial charge in [0.25, 0.3) is 0 Å². The topological polar surface area (TPSA) is 69.6 Å². The van der Waals surface area contributed by atoms with Crippen LogP contribution in [0.3, 0.4) is 0 Å². The number of nitrogens with one attached hydrogen (secondary N) is 1. The van der Waals surface area contributed by atoms with E-state index in [0.717, 1.165) is 5.56 Å². The normalized spacial score (nSPS) is 14.9. The van der Waals surface area contributed by atoms with Crippen LogP contribution in [0, 0.1) is 12.8 Å². The molecule has 1 saturated heterocycles. The first-order valence-corrected chi connectivity index (χ1v) is 6.34. The van der Waals surface area contributed by atoms with E-state index in [9.17, 15) is 9.59 Å². The van der Waals surface area contributed by atoms with Crippen molar-refractivity contribution < 1.29 is 14.7 Å². The standard InChI is InChI=1S/C14H18N2O3/c1-10-2-4-11(5-3-10)7-15-14(19)16-8-12(9-16)6-13(17)18/h2-5,12H,6-9H2,1H3,(H,15,19)(H,17,18). The molecule has 0 aromatic heterocycles. The van der Waals surface area contributed by atoms with E-state index in [1.54, 1.807) is 4.90 Å². The second-order valence-electron chi connectivity index (χ2n) is 5.01. The van der Waals surface area contributed by atoms with Gasteiger partial charge >= 0.3 is 12.0 Å². The minimum Gasteiger partial charge on any atom is -0.481 e. The van der Waals surface area contributed by atoms with Crippen molar-refractivity contribution in [3.63, 3.8) is 0 Å². The van der Waals surface area contributed by atoms with E-state index >= 15 is 0 Å². The Morgan fingerprint density at radius 3 is 2.53 bits per heavy atom. The lowest BCUT2D eigenvalue weighted by Gasteiger charge is -2.38. The molecule has 19 heavy (non-hydrogen) atoms. The second kappa shape index (κ2) is 5.73. The van der Waals surface area contributed by atoms with E-state index in [1.807, 2.05) is 31.2 Å². The van der Waals surface area contributed by atoms with Crippen LogP contribution in [0.15, 0.2) is 24.3 Å². The van der Waals surface area contributed by atoms with Gasteiger partial charge in [-0.3, -0.25) is 4.79 Å². The van der Waals surface area contributed by atoms with E-state index in [-0.39, 0.29) is 18.4 Å². The molecule has 1 aromatic rings. The molecule has 1 heterocycles. The van der Waals surface area contributed by atoms with Crippen molar-refractivity contribution >= 4 is 12.0 Å². The van der Waals surface area contributed by atoms with Crippen LogP contribution in [-0.4, -0.2) is 35.1 Å². The molecular weight excluding hydrogens is 244 g/mol. The maximum Gasteiger partial charge on any atom is 0.317 e. The third-order valence-corrected chi connectivity index (χ3v) is 3.27. The van der Waals surface area contributed by atoms with E-state index < -0.39 is 5.97 Å². The van der Waals surface area contributed by atoms with E-state index in [4.69, 9.17) is 5.11 Å². The first kappa shape index (κ1) is 13.4. The van der Waals surface area contributed by atoms with Crippen LogP contribution >= 0.6 is 0 Å². The summed E-state index contributed by atoms with van der Waals surface area (Å²) in [6, 6.07) is 7.86. The summed E-state index contributed by atoms with van der Waals surface area (Å²) >= 11 is 0. The Morgan fingerprint density at radius 2 is 1.95 bits per heavy atom. The molecule has 0 radical (unpaired) electrons. The SMILES string of the molecule is Cc1ccc(CNC(=O)N2CC(CC(=O)O)C2)cc1. The lowest BCUT2D eigenvalue weighted by molar-refractivity contribution is -0.139. The van der Waals surface area contributed by atoms with Crippen LogP contribution < -0.4 is 5.32 Å². The molecule has 0 unspecified atom stereocenters. The molecule has 1 aliphatic rings. The molecule has 1 aliphatic heterocycles. The Labute approximate surface area is 112 Å². The third-order valence-electron chi connectivity index (χ3n) is 3.27. The molecule has 0 spiro atoms. The minimum absolute atomic E-state index is 0.0997. The summed E-state index contributed by atoms with van der Waals surface area (Å²) in [5.74, 6) is -0.702. The Kier molecular flexibility index (Phi) is 4.04. The summed E-state index contributed by atoms with van der Waals surface area (Å²) < 4.78 is 0. The predicted molar refractivity (Wildman–Crippen MR) is 70.7 cm³/mol. The van der Waals surface area contributed by atoms with Gasteiger partial charge in [-0.25, -0.2) is 4.79 Å². The zero-order chi connectivity index (χ0) is 13.8. The highest BCUT2D eigenvalue weighted by Crippen LogP contribution is 2.18. The van der Waals surface area contributed by atoms with Crippen molar-refractivity contribution in [3.8, 4) is 0 Å². The number of benzene rings is 1. The van der Waals surface area contributed by atoms with Crippen LogP contribution in [0.5, 0.6) is 0 Å². The Morgan fingerprint density at radius 1 is 1.32 bits per heavy atom. The van der Waals surface area contributed by atoms with Gasteiger partial charge in [0.1, 0.15) is 0 Å². The molecule has 2 rings (SSSR count). The van der Waals surface area contributed by atoms with Crippen LogP contribution in [0.1, 0.15) is 17.5 Å². The molecule has 0 saturated carbocycles. The number of hydrogen-bond donors (Lipinski definition) is 2. The number of urea groups is 1. The van der Waals surface area contributed by atoms with Crippen molar-refractivity contribution in [3.05, 3.63) is 35.4 Å². The first-order valence-electron chi connectivity index (χ1n) is 6.34. The average Bonchev–Trinajstić information content (AvgIpc) is 2.32. The van der Waals surface area contributed by atoms with E-state index in [0.29, 0.717) is 19.6 Å². The number of carbonyl (C=O) groups excluding carboxylic acids is 1. The molecular formula is C14H18N2O3. The fourth-order valence-electron chi connectivity index (χ4n) is 2.11. The molecule has 5 nitrogen and oxygen atoms in total. The number of carbonyl (C=O) groups is 2. The van der Waals surface area contributed by atoms with Crippen molar-refractivity contribution in [1.82, 2.24) is 10.2 Å². The monoisotopic (exact) mass is 262 g/mol. The average molecular weight is 262 g/mol. The fraction of sp³-hybridized carbons (Fsp3) is 0.429. The number of amides is 2. The van der Waals surface area contributed by atoms with Crippen molar-refractivity contribution in [2.75, 3.05) is 13.1 Å². The lowest BCUT2D eigenvalue weighted by atomic mass is 9.97. The van der Waals surface area contributed by atoms with Gasteiger partial charge in [0.05, 0.1) is 6.42 Å². The molecule has 5 heteroatoms. The number of aliphatic carboxylic acids is 1. The molecule has 1 aromatic carbocycles. The predicted octanol–water partition coefficient (Wildman–Crippen LogP) is 1.61. The summed E-state index contributed by atoms with van der Waals surface area (Å²) in [4.78, 5) is 23.9. The number of carboxylic acids is 1. The first-order chi connectivity index (χ1) is 9.04. The molecule has 0 atom stereocenters. The van der Waals surface area contributed by atoms with Crippen LogP contribution in [0.25, 0.3) is 0 Å². The van der Waals surface area contributed by atoms with Crippen molar-refractivity contribution in [1.29, 1.82) is 0 Å². The minimum atomic E-state index is -0.801.